The number of amides is 1. The minimum Gasteiger partial charge on any atom is -0.321 e. The predicted octanol–water partition coefficient (Wildman–Crippen LogP) is 4.98. The average Bonchev–Trinajstić information content (AvgIpc) is 3.12. The van der Waals surface area contributed by atoms with Crippen LogP contribution in [0.5, 0.6) is 0 Å². The molecule has 0 saturated carbocycles. The van der Waals surface area contributed by atoms with E-state index in [9.17, 15) is 18.0 Å². The molecule has 8 heteroatoms. The van der Waals surface area contributed by atoms with Crippen molar-refractivity contribution in [1.29, 1.82) is 0 Å². The number of halogens is 3. The van der Waals surface area contributed by atoms with Crippen LogP contribution in [0.25, 0.3) is 16.9 Å². The quantitative estimate of drug-likeness (QED) is 0.532. The van der Waals surface area contributed by atoms with E-state index in [1.165, 1.54) is 35.1 Å². The van der Waals surface area contributed by atoms with Gasteiger partial charge in [0.25, 0.3) is 5.91 Å². The van der Waals surface area contributed by atoms with E-state index in [1.807, 2.05) is 31.2 Å². The van der Waals surface area contributed by atoms with Crippen LogP contribution in [0.1, 0.15) is 21.5 Å². The van der Waals surface area contributed by atoms with Crippen LogP contribution in [0.4, 0.5) is 18.9 Å². The lowest BCUT2D eigenvalue weighted by Gasteiger charge is -2.13. The molecule has 146 valence electrons. The molecule has 0 bridgehead atoms. The van der Waals surface area contributed by atoms with Gasteiger partial charge in [-0.1, -0.05) is 42.0 Å². The topological polar surface area (TPSA) is 59.3 Å². The molecule has 4 aromatic rings. The first-order chi connectivity index (χ1) is 13.8. The Balaban J connectivity index is 1.72. The van der Waals surface area contributed by atoms with E-state index in [4.69, 9.17) is 0 Å². The number of alkyl halides is 3. The van der Waals surface area contributed by atoms with E-state index in [0.29, 0.717) is 5.69 Å². The Morgan fingerprint density at radius 3 is 2.48 bits per heavy atom. The molecule has 1 amide bonds. The Hall–Kier alpha value is -3.68. The van der Waals surface area contributed by atoms with Crippen LogP contribution in [0.2, 0.25) is 0 Å². The maximum absolute atomic E-state index is 13.2. The van der Waals surface area contributed by atoms with Gasteiger partial charge in [0, 0.05) is 11.8 Å². The first kappa shape index (κ1) is 18.7. The largest absolute Gasteiger partial charge is 0.418 e. The van der Waals surface area contributed by atoms with Gasteiger partial charge < -0.3 is 5.32 Å². The van der Waals surface area contributed by atoms with E-state index >= 15 is 0 Å². The summed E-state index contributed by atoms with van der Waals surface area (Å²) >= 11 is 0. The highest BCUT2D eigenvalue weighted by molar-refractivity contribution is 6.08. The second kappa shape index (κ2) is 7.05. The van der Waals surface area contributed by atoms with Crippen molar-refractivity contribution < 1.29 is 18.0 Å². The van der Waals surface area contributed by atoms with Gasteiger partial charge in [0.2, 0.25) is 0 Å². The number of hydrogen-bond acceptors (Lipinski definition) is 3. The zero-order chi connectivity index (χ0) is 20.6. The zero-order valence-electron chi connectivity index (χ0n) is 15.2. The van der Waals surface area contributed by atoms with Crippen molar-refractivity contribution in [2.24, 2.45) is 0 Å². The lowest BCUT2D eigenvalue weighted by Crippen LogP contribution is -2.16. The fourth-order valence-corrected chi connectivity index (χ4v) is 3.02. The van der Waals surface area contributed by atoms with Gasteiger partial charge in [0.05, 0.1) is 23.1 Å². The van der Waals surface area contributed by atoms with Crippen molar-refractivity contribution >= 4 is 17.2 Å². The summed E-state index contributed by atoms with van der Waals surface area (Å²) in [6, 6.07) is 14.3. The van der Waals surface area contributed by atoms with Crippen molar-refractivity contribution in [2.45, 2.75) is 13.1 Å². The molecule has 5 nitrogen and oxygen atoms in total. The summed E-state index contributed by atoms with van der Waals surface area (Å²) in [5.41, 5.74) is 1.78. The van der Waals surface area contributed by atoms with E-state index in [0.717, 1.165) is 17.2 Å². The Morgan fingerprint density at radius 1 is 1.03 bits per heavy atom. The van der Waals surface area contributed by atoms with Crippen LogP contribution in [0.15, 0.2) is 67.0 Å². The molecule has 0 unspecified atom stereocenters. The monoisotopic (exact) mass is 396 g/mol. The van der Waals surface area contributed by atoms with Gasteiger partial charge >= 0.3 is 6.18 Å². The van der Waals surface area contributed by atoms with Crippen molar-refractivity contribution in [2.75, 3.05) is 5.32 Å². The molecule has 0 aliphatic rings. The third-order valence-corrected chi connectivity index (χ3v) is 4.47. The average molecular weight is 396 g/mol. The molecule has 0 saturated heterocycles. The SMILES string of the molecule is Cc1ccc(-c2ccnc3c(C(=O)Nc4ccccc4C(F)(F)F)cnn23)cc1. The molecule has 2 heterocycles. The zero-order valence-corrected chi connectivity index (χ0v) is 15.2. The van der Waals surface area contributed by atoms with Gasteiger partial charge in [-0.25, -0.2) is 9.50 Å². The first-order valence-corrected chi connectivity index (χ1v) is 8.72. The van der Waals surface area contributed by atoms with Gasteiger partial charge in [-0.15, -0.1) is 0 Å². The molecule has 29 heavy (non-hydrogen) atoms. The number of nitrogens with one attached hydrogen (secondary N) is 1. The van der Waals surface area contributed by atoms with Gasteiger partial charge in [-0.3, -0.25) is 4.79 Å². The van der Waals surface area contributed by atoms with Gasteiger partial charge in [0.1, 0.15) is 5.56 Å². The van der Waals surface area contributed by atoms with Gasteiger partial charge in [-0.2, -0.15) is 18.3 Å². The third-order valence-electron chi connectivity index (χ3n) is 4.47. The van der Waals surface area contributed by atoms with E-state index < -0.39 is 17.6 Å². The summed E-state index contributed by atoms with van der Waals surface area (Å²) in [5, 5.41) is 6.55. The molecule has 0 aliphatic carbocycles. The standard InChI is InChI=1S/C21H15F3N4O/c1-13-6-8-14(9-7-13)18-10-11-25-19-15(12-26-28(18)19)20(29)27-17-5-3-2-4-16(17)21(22,23)24/h2-12H,1H3,(H,27,29). The van der Waals surface area contributed by atoms with Crippen molar-refractivity contribution in [3.05, 3.63) is 83.7 Å². The van der Waals surface area contributed by atoms with Crippen LogP contribution < -0.4 is 5.32 Å². The van der Waals surface area contributed by atoms with Crippen molar-refractivity contribution in [3.8, 4) is 11.3 Å². The molecule has 0 radical (unpaired) electrons. The molecule has 2 aromatic carbocycles. The number of carbonyl (C=O) groups excluding carboxylic acids is 1. The molecule has 0 spiro atoms. The Bertz CT molecular complexity index is 1200. The minimum atomic E-state index is -4.58. The van der Waals surface area contributed by atoms with Crippen molar-refractivity contribution in [1.82, 2.24) is 14.6 Å². The number of aromatic nitrogens is 3. The smallest absolute Gasteiger partial charge is 0.321 e. The summed E-state index contributed by atoms with van der Waals surface area (Å²) in [6.07, 6.45) is -1.75. The molecule has 0 atom stereocenters. The van der Waals surface area contributed by atoms with Crippen LogP contribution in [0.3, 0.4) is 0 Å². The maximum Gasteiger partial charge on any atom is 0.418 e. The number of hydrogen-bond donors (Lipinski definition) is 1. The van der Waals surface area contributed by atoms with Gasteiger partial charge in [0.15, 0.2) is 5.65 Å². The highest BCUT2D eigenvalue weighted by atomic mass is 19.4. The summed E-state index contributed by atoms with van der Waals surface area (Å²) in [5.74, 6) is -0.717. The molecular formula is C21H15F3N4O. The van der Waals surface area contributed by atoms with Crippen LogP contribution >= 0.6 is 0 Å². The molecule has 4 rings (SSSR count). The number of fused-ring (bicyclic) bond motifs is 1. The summed E-state index contributed by atoms with van der Waals surface area (Å²) in [7, 11) is 0. The molecule has 1 N–H and O–H groups in total. The molecule has 0 fully saturated rings. The van der Waals surface area contributed by atoms with Crippen LogP contribution in [-0.4, -0.2) is 20.5 Å². The number of nitrogens with zero attached hydrogens (tertiary/aromatic N) is 3. The second-order valence-electron chi connectivity index (χ2n) is 6.49. The number of anilines is 1. The second-order valence-corrected chi connectivity index (χ2v) is 6.49. The summed E-state index contributed by atoms with van der Waals surface area (Å²) in [4.78, 5) is 16.9. The van der Waals surface area contributed by atoms with Crippen LogP contribution in [0, 0.1) is 6.92 Å². The highest BCUT2D eigenvalue weighted by Crippen LogP contribution is 2.34. The highest BCUT2D eigenvalue weighted by Gasteiger charge is 2.33. The minimum absolute atomic E-state index is 0.0796. The number of para-hydroxylation sites is 1. The predicted molar refractivity (Wildman–Crippen MR) is 103 cm³/mol. The maximum atomic E-state index is 13.2. The fraction of sp³-hybridized carbons (Fsp3) is 0.0952. The molecule has 0 aliphatic heterocycles. The number of rotatable bonds is 3. The van der Waals surface area contributed by atoms with E-state index in [1.54, 1.807) is 6.07 Å². The molecular weight excluding hydrogens is 381 g/mol. The molecule has 2 aromatic heterocycles. The number of carbonyl (C=O) groups is 1. The fourth-order valence-electron chi connectivity index (χ4n) is 3.02. The summed E-state index contributed by atoms with van der Waals surface area (Å²) in [6.45, 7) is 1.97. The van der Waals surface area contributed by atoms with Crippen molar-refractivity contribution in [3.63, 3.8) is 0 Å². The third kappa shape index (κ3) is 3.56. The van der Waals surface area contributed by atoms with E-state index in [2.05, 4.69) is 15.4 Å². The Labute approximate surface area is 163 Å². The normalized spacial score (nSPS) is 11.6. The lowest BCUT2D eigenvalue weighted by molar-refractivity contribution is -0.136. The Kier molecular flexibility index (Phi) is 4.54. The van der Waals surface area contributed by atoms with E-state index in [-0.39, 0.29) is 16.9 Å². The first-order valence-electron chi connectivity index (χ1n) is 8.72. The lowest BCUT2D eigenvalue weighted by atomic mass is 10.1. The van der Waals surface area contributed by atoms with Gasteiger partial charge in [-0.05, 0) is 25.1 Å². The summed E-state index contributed by atoms with van der Waals surface area (Å²) < 4.78 is 41.0. The van der Waals surface area contributed by atoms with Crippen LogP contribution in [-0.2, 0) is 6.18 Å². The number of benzene rings is 2. The Morgan fingerprint density at radius 2 is 1.76 bits per heavy atom. The number of aryl methyl sites for hydroxylation is 1.